The maximum absolute atomic E-state index is 4.62. The third kappa shape index (κ3) is 4.34. The number of aromatic nitrogens is 4. The Morgan fingerprint density at radius 1 is 1.00 bits per heavy atom. The highest BCUT2D eigenvalue weighted by molar-refractivity contribution is 5.64. The zero-order valence-corrected chi connectivity index (χ0v) is 15.9. The van der Waals surface area contributed by atoms with Crippen LogP contribution in [0.15, 0.2) is 48.9 Å². The molecule has 0 radical (unpaired) electrons. The minimum absolute atomic E-state index is 0.515. The molecule has 8 nitrogen and oxygen atoms in total. The molecule has 0 saturated carbocycles. The van der Waals surface area contributed by atoms with Crippen LogP contribution in [-0.2, 0) is 0 Å². The van der Waals surface area contributed by atoms with Crippen molar-refractivity contribution in [2.45, 2.75) is 6.92 Å². The molecular weight excluding hydrogens is 352 g/mol. The van der Waals surface area contributed by atoms with Gasteiger partial charge in [0.2, 0.25) is 5.95 Å². The smallest absolute Gasteiger partial charge is 0.228 e. The van der Waals surface area contributed by atoms with Crippen molar-refractivity contribution in [3.05, 3.63) is 48.9 Å². The number of nitrogens with one attached hydrogen (secondary N) is 3. The van der Waals surface area contributed by atoms with Crippen molar-refractivity contribution >= 4 is 23.3 Å². The molecule has 3 aromatic heterocycles. The third-order valence-corrected chi connectivity index (χ3v) is 4.54. The van der Waals surface area contributed by atoms with Gasteiger partial charge in [-0.3, -0.25) is 0 Å². The van der Waals surface area contributed by atoms with Gasteiger partial charge in [0.15, 0.2) is 0 Å². The Morgan fingerprint density at radius 2 is 1.86 bits per heavy atom. The molecule has 0 bridgehead atoms. The first-order valence-corrected chi connectivity index (χ1v) is 9.54. The lowest BCUT2D eigenvalue weighted by atomic mass is 10.2. The average molecular weight is 376 g/mol. The number of piperazine rings is 1. The summed E-state index contributed by atoms with van der Waals surface area (Å²) in [6.07, 6.45) is 5.41. The summed E-state index contributed by atoms with van der Waals surface area (Å²) < 4.78 is 0. The molecule has 3 N–H and O–H groups in total. The van der Waals surface area contributed by atoms with Gasteiger partial charge in [0, 0.05) is 50.7 Å². The molecule has 8 heteroatoms. The van der Waals surface area contributed by atoms with E-state index in [2.05, 4.69) is 46.9 Å². The molecule has 1 fully saturated rings. The van der Waals surface area contributed by atoms with Gasteiger partial charge in [-0.2, -0.15) is 0 Å². The van der Waals surface area contributed by atoms with E-state index in [1.165, 1.54) is 0 Å². The van der Waals surface area contributed by atoms with Gasteiger partial charge in [-0.05, 0) is 37.3 Å². The van der Waals surface area contributed by atoms with Gasteiger partial charge in [-0.15, -0.1) is 0 Å². The maximum Gasteiger partial charge on any atom is 0.228 e. The fourth-order valence-corrected chi connectivity index (χ4v) is 3.13. The summed E-state index contributed by atoms with van der Waals surface area (Å²) in [5.74, 6) is 2.07. The second-order valence-electron chi connectivity index (χ2n) is 6.49. The number of anilines is 4. The molecule has 0 unspecified atom stereocenters. The fourth-order valence-electron chi connectivity index (χ4n) is 3.13. The Balaban J connectivity index is 1.48. The van der Waals surface area contributed by atoms with Crippen LogP contribution >= 0.6 is 0 Å². The normalized spacial score (nSPS) is 14.0. The first-order chi connectivity index (χ1) is 13.8. The quantitative estimate of drug-likeness (QED) is 0.605. The molecule has 0 aromatic carbocycles. The fraction of sp³-hybridized carbons (Fsp3) is 0.300. The maximum atomic E-state index is 4.62. The minimum Gasteiger partial charge on any atom is -0.370 e. The molecule has 4 heterocycles. The molecule has 1 aliphatic rings. The second-order valence-corrected chi connectivity index (χ2v) is 6.49. The molecule has 3 aromatic rings. The molecule has 1 saturated heterocycles. The van der Waals surface area contributed by atoms with Crippen LogP contribution in [0.4, 0.5) is 23.3 Å². The Hall–Kier alpha value is -3.26. The van der Waals surface area contributed by atoms with Crippen molar-refractivity contribution in [3.63, 3.8) is 0 Å². The van der Waals surface area contributed by atoms with E-state index in [1.807, 2.05) is 37.4 Å². The van der Waals surface area contributed by atoms with Crippen molar-refractivity contribution in [1.82, 2.24) is 25.3 Å². The highest BCUT2D eigenvalue weighted by Crippen LogP contribution is 2.21. The molecule has 0 aliphatic carbocycles. The summed E-state index contributed by atoms with van der Waals surface area (Å²) in [6.45, 7) is 6.88. The van der Waals surface area contributed by atoms with E-state index >= 15 is 0 Å². The number of rotatable bonds is 6. The van der Waals surface area contributed by atoms with Crippen LogP contribution in [0.3, 0.4) is 0 Å². The van der Waals surface area contributed by atoms with Crippen LogP contribution in [0, 0.1) is 0 Å². The van der Waals surface area contributed by atoms with Crippen LogP contribution in [0.1, 0.15) is 6.92 Å². The van der Waals surface area contributed by atoms with Gasteiger partial charge in [-0.25, -0.2) is 19.9 Å². The van der Waals surface area contributed by atoms with E-state index in [4.69, 9.17) is 0 Å². The van der Waals surface area contributed by atoms with Crippen LogP contribution in [0.5, 0.6) is 0 Å². The molecule has 1 aliphatic heterocycles. The number of nitrogens with zero attached hydrogens (tertiary/aromatic N) is 5. The SMILES string of the molecule is CCNc1cc(-c2ccnc(Nc3ccc(N4CCNCC4)cn3)n2)ccn1. The lowest BCUT2D eigenvalue weighted by molar-refractivity contribution is 0.589. The summed E-state index contributed by atoms with van der Waals surface area (Å²) in [4.78, 5) is 20.1. The average Bonchev–Trinajstić information content (AvgIpc) is 2.76. The van der Waals surface area contributed by atoms with Crippen molar-refractivity contribution in [1.29, 1.82) is 0 Å². The van der Waals surface area contributed by atoms with Gasteiger partial charge < -0.3 is 20.9 Å². The standard InChI is InChI=1S/C20H24N8/c1-2-22-19-13-15(5-7-23-19)17-6-8-24-20(26-17)27-18-4-3-16(14-25-18)28-11-9-21-10-12-28/h3-8,13-14,21H,2,9-12H2,1H3,(H,22,23)(H,24,25,26,27). The van der Waals surface area contributed by atoms with Crippen molar-refractivity contribution in [3.8, 4) is 11.3 Å². The summed E-state index contributed by atoms with van der Waals surface area (Å²) in [5.41, 5.74) is 2.95. The summed E-state index contributed by atoms with van der Waals surface area (Å²) >= 11 is 0. The van der Waals surface area contributed by atoms with Gasteiger partial charge in [0.05, 0.1) is 17.6 Å². The molecular formula is C20H24N8. The minimum atomic E-state index is 0.515. The van der Waals surface area contributed by atoms with E-state index in [9.17, 15) is 0 Å². The lowest BCUT2D eigenvalue weighted by Crippen LogP contribution is -2.43. The van der Waals surface area contributed by atoms with E-state index in [0.717, 1.165) is 61.3 Å². The highest BCUT2D eigenvalue weighted by Gasteiger charge is 2.11. The van der Waals surface area contributed by atoms with E-state index < -0.39 is 0 Å². The predicted molar refractivity (Wildman–Crippen MR) is 112 cm³/mol. The summed E-state index contributed by atoms with van der Waals surface area (Å²) in [6, 6.07) is 9.85. The lowest BCUT2D eigenvalue weighted by Gasteiger charge is -2.29. The van der Waals surface area contributed by atoms with Gasteiger partial charge in [0.25, 0.3) is 0 Å². The Morgan fingerprint density at radius 3 is 2.64 bits per heavy atom. The zero-order chi connectivity index (χ0) is 19.2. The van der Waals surface area contributed by atoms with Crippen LogP contribution in [0.25, 0.3) is 11.3 Å². The molecule has 0 spiro atoms. The van der Waals surface area contributed by atoms with Gasteiger partial charge in [-0.1, -0.05) is 0 Å². The Labute approximate surface area is 164 Å². The monoisotopic (exact) mass is 376 g/mol. The second kappa shape index (κ2) is 8.62. The summed E-state index contributed by atoms with van der Waals surface area (Å²) in [7, 11) is 0. The number of hydrogen-bond donors (Lipinski definition) is 3. The van der Waals surface area contributed by atoms with Gasteiger partial charge >= 0.3 is 0 Å². The topological polar surface area (TPSA) is 90.9 Å². The number of pyridine rings is 2. The van der Waals surface area contributed by atoms with E-state index in [-0.39, 0.29) is 0 Å². The Bertz CT molecular complexity index is 906. The largest absolute Gasteiger partial charge is 0.370 e. The van der Waals surface area contributed by atoms with E-state index in [0.29, 0.717) is 5.95 Å². The molecule has 28 heavy (non-hydrogen) atoms. The third-order valence-electron chi connectivity index (χ3n) is 4.54. The van der Waals surface area contributed by atoms with Crippen LogP contribution in [-0.4, -0.2) is 52.7 Å². The first-order valence-electron chi connectivity index (χ1n) is 9.54. The van der Waals surface area contributed by atoms with Gasteiger partial charge in [0.1, 0.15) is 11.6 Å². The predicted octanol–water partition coefficient (Wildman–Crippen LogP) is 2.52. The summed E-state index contributed by atoms with van der Waals surface area (Å²) in [5, 5.41) is 9.76. The zero-order valence-electron chi connectivity index (χ0n) is 15.9. The van der Waals surface area contributed by atoms with Crippen molar-refractivity contribution in [2.24, 2.45) is 0 Å². The molecule has 0 atom stereocenters. The molecule has 144 valence electrons. The first kappa shape index (κ1) is 18.1. The van der Waals surface area contributed by atoms with Crippen LogP contribution in [0.2, 0.25) is 0 Å². The Kier molecular flexibility index (Phi) is 5.58. The van der Waals surface area contributed by atoms with Crippen LogP contribution < -0.4 is 20.9 Å². The van der Waals surface area contributed by atoms with Crippen molar-refractivity contribution < 1.29 is 0 Å². The number of hydrogen-bond acceptors (Lipinski definition) is 8. The van der Waals surface area contributed by atoms with Crippen molar-refractivity contribution in [2.75, 3.05) is 48.3 Å². The van der Waals surface area contributed by atoms with E-state index in [1.54, 1.807) is 12.4 Å². The molecule has 4 rings (SSSR count). The highest BCUT2D eigenvalue weighted by atomic mass is 15.2. The molecule has 0 amide bonds.